The standard InChI is InChI=1S/C18H11Cl2N3OS/c19-11-9-21-23(10-11)13-7-5-12(6-8-13)22-18(24)17-16(20)14-3-1-2-4-15(14)25-17/h1-10H,(H,22,24). The Kier molecular flexibility index (Phi) is 4.21. The number of amides is 1. The predicted octanol–water partition coefficient (Wildman–Crippen LogP) is 5.65. The quantitative estimate of drug-likeness (QED) is 0.493. The van der Waals surface area contributed by atoms with Gasteiger partial charge in [0.25, 0.3) is 5.91 Å². The summed E-state index contributed by atoms with van der Waals surface area (Å²) in [4.78, 5) is 13.0. The molecule has 4 nitrogen and oxygen atoms in total. The summed E-state index contributed by atoms with van der Waals surface area (Å²) in [5.74, 6) is -0.221. The van der Waals surface area contributed by atoms with E-state index in [1.165, 1.54) is 11.3 Å². The fraction of sp³-hybridized carbons (Fsp3) is 0. The number of rotatable bonds is 3. The first-order valence-electron chi connectivity index (χ1n) is 7.41. The Morgan fingerprint density at radius 1 is 1.08 bits per heavy atom. The molecular formula is C18H11Cl2N3OS. The number of hydrogen-bond donors (Lipinski definition) is 1. The van der Waals surface area contributed by atoms with Gasteiger partial charge in [0.1, 0.15) is 4.88 Å². The third-order valence-electron chi connectivity index (χ3n) is 3.68. The van der Waals surface area contributed by atoms with E-state index in [1.54, 1.807) is 17.1 Å². The maximum atomic E-state index is 12.5. The van der Waals surface area contributed by atoms with Crippen LogP contribution in [0.2, 0.25) is 10.0 Å². The summed E-state index contributed by atoms with van der Waals surface area (Å²) in [7, 11) is 0. The van der Waals surface area contributed by atoms with Crippen molar-refractivity contribution in [2.45, 2.75) is 0 Å². The molecule has 0 saturated carbocycles. The summed E-state index contributed by atoms with van der Waals surface area (Å²) in [6.07, 6.45) is 3.28. The molecule has 0 aliphatic rings. The maximum Gasteiger partial charge on any atom is 0.267 e. The number of nitrogens with one attached hydrogen (secondary N) is 1. The summed E-state index contributed by atoms with van der Waals surface area (Å²) < 4.78 is 2.65. The van der Waals surface area contributed by atoms with Gasteiger partial charge in [-0.05, 0) is 30.3 Å². The highest BCUT2D eigenvalue weighted by molar-refractivity contribution is 7.21. The van der Waals surface area contributed by atoms with Crippen molar-refractivity contribution in [1.29, 1.82) is 0 Å². The van der Waals surface area contributed by atoms with Crippen molar-refractivity contribution in [2.75, 3.05) is 5.32 Å². The summed E-state index contributed by atoms with van der Waals surface area (Å²) in [5, 5.41) is 8.96. The van der Waals surface area contributed by atoms with E-state index in [1.807, 2.05) is 48.5 Å². The number of aromatic nitrogens is 2. The first-order chi connectivity index (χ1) is 12.1. The molecule has 25 heavy (non-hydrogen) atoms. The molecule has 0 unspecified atom stereocenters. The minimum absolute atomic E-state index is 0.221. The molecule has 0 saturated heterocycles. The second kappa shape index (κ2) is 6.52. The van der Waals surface area contributed by atoms with Gasteiger partial charge in [-0.2, -0.15) is 5.10 Å². The highest BCUT2D eigenvalue weighted by atomic mass is 35.5. The van der Waals surface area contributed by atoms with E-state index in [0.717, 1.165) is 15.8 Å². The predicted molar refractivity (Wildman–Crippen MR) is 103 cm³/mol. The van der Waals surface area contributed by atoms with Crippen LogP contribution in [0.1, 0.15) is 9.67 Å². The zero-order valence-electron chi connectivity index (χ0n) is 12.7. The van der Waals surface area contributed by atoms with Gasteiger partial charge in [-0.15, -0.1) is 11.3 Å². The Balaban J connectivity index is 1.57. The fourth-order valence-corrected chi connectivity index (χ4v) is 4.04. The van der Waals surface area contributed by atoms with Crippen LogP contribution in [0.15, 0.2) is 60.9 Å². The number of fused-ring (bicyclic) bond motifs is 1. The summed E-state index contributed by atoms with van der Waals surface area (Å²) in [6, 6.07) is 15.0. The van der Waals surface area contributed by atoms with Crippen molar-refractivity contribution < 1.29 is 4.79 Å². The molecule has 0 aliphatic heterocycles. The first kappa shape index (κ1) is 16.1. The van der Waals surface area contributed by atoms with Gasteiger partial charge >= 0.3 is 0 Å². The van der Waals surface area contributed by atoms with Crippen molar-refractivity contribution in [1.82, 2.24) is 9.78 Å². The highest BCUT2D eigenvalue weighted by Crippen LogP contribution is 2.35. The Hall–Kier alpha value is -2.34. The van der Waals surface area contributed by atoms with Crippen LogP contribution in [-0.2, 0) is 0 Å². The topological polar surface area (TPSA) is 46.9 Å². The minimum Gasteiger partial charge on any atom is -0.321 e. The van der Waals surface area contributed by atoms with Gasteiger partial charge in [0.05, 0.1) is 21.9 Å². The molecule has 2 heterocycles. The van der Waals surface area contributed by atoms with Gasteiger partial charge in [0.2, 0.25) is 0 Å². The van der Waals surface area contributed by atoms with Gasteiger partial charge < -0.3 is 5.32 Å². The van der Waals surface area contributed by atoms with Crippen LogP contribution in [0.25, 0.3) is 15.8 Å². The van der Waals surface area contributed by atoms with Crippen LogP contribution >= 0.6 is 34.5 Å². The van der Waals surface area contributed by atoms with Crippen molar-refractivity contribution in [3.05, 3.63) is 75.8 Å². The summed E-state index contributed by atoms with van der Waals surface area (Å²) in [6.45, 7) is 0. The normalized spacial score (nSPS) is 11.0. The van der Waals surface area contributed by atoms with E-state index >= 15 is 0 Å². The van der Waals surface area contributed by atoms with E-state index in [-0.39, 0.29) is 5.91 Å². The molecule has 0 radical (unpaired) electrons. The van der Waals surface area contributed by atoms with E-state index in [9.17, 15) is 4.79 Å². The molecule has 0 atom stereocenters. The average Bonchev–Trinajstić information content (AvgIpc) is 3.20. The zero-order chi connectivity index (χ0) is 17.4. The summed E-state index contributed by atoms with van der Waals surface area (Å²) >= 11 is 13.6. The Morgan fingerprint density at radius 2 is 1.84 bits per heavy atom. The van der Waals surface area contributed by atoms with Crippen LogP contribution < -0.4 is 5.32 Å². The maximum absolute atomic E-state index is 12.5. The molecule has 4 rings (SSSR count). The lowest BCUT2D eigenvalue weighted by Crippen LogP contribution is -2.10. The van der Waals surface area contributed by atoms with Gasteiger partial charge in [-0.1, -0.05) is 41.4 Å². The SMILES string of the molecule is O=C(Nc1ccc(-n2cc(Cl)cn2)cc1)c1sc2ccccc2c1Cl. The molecule has 4 aromatic rings. The van der Waals surface area contributed by atoms with Crippen LogP contribution in [0.5, 0.6) is 0 Å². The summed E-state index contributed by atoms with van der Waals surface area (Å²) in [5.41, 5.74) is 1.53. The van der Waals surface area contributed by atoms with Crippen LogP contribution in [0.4, 0.5) is 5.69 Å². The second-order valence-corrected chi connectivity index (χ2v) is 7.21. The molecule has 124 valence electrons. The number of halogens is 2. The monoisotopic (exact) mass is 387 g/mol. The van der Waals surface area contributed by atoms with E-state index in [4.69, 9.17) is 23.2 Å². The van der Waals surface area contributed by atoms with Crippen LogP contribution in [0.3, 0.4) is 0 Å². The fourth-order valence-electron chi connectivity index (χ4n) is 2.49. The van der Waals surface area contributed by atoms with Crippen LogP contribution in [0, 0.1) is 0 Å². The Morgan fingerprint density at radius 3 is 2.52 bits per heavy atom. The van der Waals surface area contributed by atoms with Gasteiger partial charge in [-0.3, -0.25) is 4.79 Å². The molecule has 7 heteroatoms. The molecule has 0 aliphatic carbocycles. The number of nitrogens with zero attached hydrogens (tertiary/aromatic N) is 2. The Bertz CT molecular complexity index is 1070. The zero-order valence-corrected chi connectivity index (χ0v) is 15.1. The molecule has 0 spiro atoms. The second-order valence-electron chi connectivity index (χ2n) is 5.35. The van der Waals surface area contributed by atoms with Crippen molar-refractivity contribution in [3.63, 3.8) is 0 Å². The number of benzene rings is 2. The lowest BCUT2D eigenvalue weighted by molar-refractivity contribution is 0.103. The van der Waals surface area contributed by atoms with Crippen LogP contribution in [-0.4, -0.2) is 15.7 Å². The highest BCUT2D eigenvalue weighted by Gasteiger charge is 2.17. The Labute approximate surface area is 157 Å². The third kappa shape index (κ3) is 3.14. The molecule has 0 fully saturated rings. The first-order valence-corrected chi connectivity index (χ1v) is 8.98. The third-order valence-corrected chi connectivity index (χ3v) is 5.55. The number of hydrogen-bond acceptors (Lipinski definition) is 3. The number of carbonyl (C=O) groups excluding carboxylic acids is 1. The number of anilines is 1. The molecule has 1 N–H and O–H groups in total. The molecule has 2 aromatic heterocycles. The van der Waals surface area contributed by atoms with E-state index in [2.05, 4.69) is 10.4 Å². The largest absolute Gasteiger partial charge is 0.321 e. The van der Waals surface area contributed by atoms with E-state index in [0.29, 0.717) is 20.6 Å². The van der Waals surface area contributed by atoms with Crippen molar-refractivity contribution >= 4 is 56.2 Å². The molecular weight excluding hydrogens is 377 g/mol. The van der Waals surface area contributed by atoms with E-state index < -0.39 is 0 Å². The lowest BCUT2D eigenvalue weighted by Gasteiger charge is -2.06. The van der Waals surface area contributed by atoms with Gasteiger partial charge in [0.15, 0.2) is 0 Å². The van der Waals surface area contributed by atoms with Gasteiger partial charge in [0, 0.05) is 22.0 Å². The van der Waals surface area contributed by atoms with Crippen molar-refractivity contribution in [2.24, 2.45) is 0 Å². The van der Waals surface area contributed by atoms with Crippen molar-refractivity contribution in [3.8, 4) is 5.69 Å². The minimum atomic E-state index is -0.221. The lowest BCUT2D eigenvalue weighted by atomic mass is 10.2. The number of thiophene rings is 1. The molecule has 2 aromatic carbocycles. The van der Waals surface area contributed by atoms with Gasteiger partial charge in [-0.25, -0.2) is 4.68 Å². The average molecular weight is 388 g/mol. The number of carbonyl (C=O) groups is 1. The molecule has 0 bridgehead atoms. The molecule has 1 amide bonds. The smallest absolute Gasteiger partial charge is 0.267 e.